The minimum Gasteiger partial charge on any atom is -0.383 e. The molecule has 0 fully saturated rings. The summed E-state index contributed by atoms with van der Waals surface area (Å²) in [4.78, 5) is 20.2. The third kappa shape index (κ3) is 3.42. The molecule has 0 saturated carbocycles. The van der Waals surface area contributed by atoms with Gasteiger partial charge in [0.25, 0.3) is 5.91 Å². The maximum atomic E-state index is 12.1. The number of carbonyl (C=O) groups excluding carboxylic acids is 1. The van der Waals surface area contributed by atoms with Crippen molar-refractivity contribution < 1.29 is 4.79 Å². The van der Waals surface area contributed by atoms with Gasteiger partial charge in [-0.3, -0.25) is 9.78 Å². The van der Waals surface area contributed by atoms with Gasteiger partial charge in [0.2, 0.25) is 0 Å². The number of hydrogen-bond acceptors (Lipinski definition) is 4. The standard InChI is InChI=1S/C13H13ClN4O/c1-2-16-11-8-15-6-5-10(11)13(19)18-12-4-3-9(14)7-17-12/h3-8,16H,2H2,1H3,(H,17,18,19). The number of nitrogens with zero attached hydrogens (tertiary/aromatic N) is 2. The predicted molar refractivity (Wildman–Crippen MR) is 75.6 cm³/mol. The Morgan fingerprint density at radius 3 is 2.84 bits per heavy atom. The minimum absolute atomic E-state index is 0.242. The highest BCUT2D eigenvalue weighted by Crippen LogP contribution is 2.16. The molecule has 6 heteroatoms. The first-order chi connectivity index (χ1) is 9.20. The average Bonchev–Trinajstić information content (AvgIpc) is 2.42. The number of anilines is 2. The molecule has 0 aromatic carbocycles. The number of halogens is 1. The van der Waals surface area contributed by atoms with Gasteiger partial charge < -0.3 is 10.6 Å². The molecule has 0 aliphatic rings. The van der Waals surface area contributed by atoms with Crippen LogP contribution in [0, 0.1) is 0 Å². The van der Waals surface area contributed by atoms with Gasteiger partial charge in [0, 0.05) is 18.9 Å². The zero-order valence-corrected chi connectivity index (χ0v) is 11.1. The van der Waals surface area contributed by atoms with Gasteiger partial charge in [-0.15, -0.1) is 0 Å². The number of rotatable bonds is 4. The van der Waals surface area contributed by atoms with Crippen LogP contribution in [0.1, 0.15) is 17.3 Å². The van der Waals surface area contributed by atoms with Crippen molar-refractivity contribution in [1.82, 2.24) is 9.97 Å². The summed E-state index contributed by atoms with van der Waals surface area (Å²) in [5.74, 6) is 0.210. The number of carbonyl (C=O) groups is 1. The SMILES string of the molecule is CCNc1cnccc1C(=O)Nc1ccc(Cl)cn1. The Hall–Kier alpha value is -2.14. The molecule has 2 aromatic rings. The van der Waals surface area contributed by atoms with Crippen LogP contribution in [0.25, 0.3) is 0 Å². The molecular weight excluding hydrogens is 264 g/mol. The Morgan fingerprint density at radius 1 is 1.32 bits per heavy atom. The number of pyridine rings is 2. The van der Waals surface area contributed by atoms with Gasteiger partial charge in [-0.25, -0.2) is 4.98 Å². The first-order valence-electron chi connectivity index (χ1n) is 5.81. The monoisotopic (exact) mass is 276 g/mol. The second-order valence-electron chi connectivity index (χ2n) is 3.77. The maximum absolute atomic E-state index is 12.1. The molecule has 2 heterocycles. The Kier molecular flexibility index (Phi) is 4.30. The lowest BCUT2D eigenvalue weighted by Crippen LogP contribution is -2.15. The van der Waals surface area contributed by atoms with E-state index in [1.165, 1.54) is 6.20 Å². The molecule has 1 amide bonds. The van der Waals surface area contributed by atoms with Crippen molar-refractivity contribution in [2.24, 2.45) is 0 Å². The van der Waals surface area contributed by atoms with Crippen molar-refractivity contribution >= 4 is 29.0 Å². The summed E-state index contributed by atoms with van der Waals surface area (Å²) in [7, 11) is 0. The van der Waals surface area contributed by atoms with Crippen molar-refractivity contribution in [2.45, 2.75) is 6.92 Å². The summed E-state index contributed by atoms with van der Waals surface area (Å²) in [6.45, 7) is 2.67. The fourth-order valence-corrected chi connectivity index (χ4v) is 1.67. The van der Waals surface area contributed by atoms with Crippen LogP contribution < -0.4 is 10.6 Å². The largest absolute Gasteiger partial charge is 0.383 e. The molecule has 0 unspecified atom stereocenters. The van der Waals surface area contributed by atoms with Crippen LogP contribution in [-0.4, -0.2) is 22.4 Å². The molecule has 0 saturated heterocycles. The summed E-state index contributed by atoms with van der Waals surface area (Å²) in [6.07, 6.45) is 4.67. The van der Waals surface area contributed by atoms with Crippen LogP contribution in [0.2, 0.25) is 5.02 Å². The number of nitrogens with one attached hydrogen (secondary N) is 2. The number of aromatic nitrogens is 2. The second-order valence-corrected chi connectivity index (χ2v) is 4.20. The summed E-state index contributed by atoms with van der Waals surface area (Å²) in [6, 6.07) is 4.97. The van der Waals surface area contributed by atoms with E-state index in [2.05, 4.69) is 20.6 Å². The van der Waals surface area contributed by atoms with Gasteiger partial charge in [-0.05, 0) is 25.1 Å². The van der Waals surface area contributed by atoms with Gasteiger partial charge in [0.05, 0.1) is 22.5 Å². The molecule has 0 spiro atoms. The molecule has 0 bridgehead atoms. The maximum Gasteiger partial charge on any atom is 0.259 e. The minimum atomic E-state index is -0.242. The zero-order valence-electron chi connectivity index (χ0n) is 10.4. The highest BCUT2D eigenvalue weighted by molar-refractivity contribution is 6.30. The third-order valence-electron chi connectivity index (χ3n) is 2.40. The highest BCUT2D eigenvalue weighted by atomic mass is 35.5. The van der Waals surface area contributed by atoms with Crippen LogP contribution in [0.3, 0.4) is 0 Å². The van der Waals surface area contributed by atoms with Crippen molar-refractivity contribution in [3.8, 4) is 0 Å². The van der Waals surface area contributed by atoms with Crippen LogP contribution in [0.5, 0.6) is 0 Å². The molecule has 98 valence electrons. The van der Waals surface area contributed by atoms with E-state index in [-0.39, 0.29) is 5.91 Å². The van der Waals surface area contributed by atoms with Gasteiger partial charge >= 0.3 is 0 Å². The van der Waals surface area contributed by atoms with E-state index < -0.39 is 0 Å². The van der Waals surface area contributed by atoms with Crippen molar-refractivity contribution in [2.75, 3.05) is 17.2 Å². The van der Waals surface area contributed by atoms with Crippen molar-refractivity contribution in [3.05, 3.63) is 47.4 Å². The molecule has 5 nitrogen and oxygen atoms in total. The van der Waals surface area contributed by atoms with Gasteiger partial charge in [0.1, 0.15) is 5.82 Å². The summed E-state index contributed by atoms with van der Waals surface area (Å²) >= 11 is 5.74. The molecule has 0 atom stereocenters. The molecule has 19 heavy (non-hydrogen) atoms. The summed E-state index contributed by atoms with van der Waals surface area (Å²) in [5, 5.41) is 6.32. The molecular formula is C13H13ClN4O. The number of amides is 1. The number of hydrogen-bond donors (Lipinski definition) is 2. The smallest absolute Gasteiger partial charge is 0.259 e. The normalized spacial score (nSPS) is 10.0. The van der Waals surface area contributed by atoms with E-state index in [4.69, 9.17) is 11.6 Å². The van der Waals surface area contributed by atoms with Crippen LogP contribution >= 0.6 is 11.6 Å². The van der Waals surface area contributed by atoms with E-state index in [0.717, 1.165) is 0 Å². The molecule has 0 radical (unpaired) electrons. The second kappa shape index (κ2) is 6.15. The molecule has 2 N–H and O–H groups in total. The van der Waals surface area contributed by atoms with E-state index in [0.29, 0.717) is 28.6 Å². The fraction of sp³-hybridized carbons (Fsp3) is 0.154. The van der Waals surface area contributed by atoms with E-state index in [1.807, 2.05) is 6.92 Å². The lowest BCUT2D eigenvalue weighted by molar-refractivity contribution is 0.102. The lowest BCUT2D eigenvalue weighted by Gasteiger charge is -2.09. The zero-order chi connectivity index (χ0) is 13.7. The summed E-state index contributed by atoms with van der Waals surface area (Å²) in [5.41, 5.74) is 1.21. The Bertz CT molecular complexity index is 571. The van der Waals surface area contributed by atoms with Crippen LogP contribution in [0.4, 0.5) is 11.5 Å². The van der Waals surface area contributed by atoms with E-state index in [9.17, 15) is 4.79 Å². The first-order valence-corrected chi connectivity index (χ1v) is 6.19. The average molecular weight is 277 g/mol. The predicted octanol–water partition coefficient (Wildman–Crippen LogP) is 2.81. The van der Waals surface area contributed by atoms with Crippen LogP contribution in [-0.2, 0) is 0 Å². The quantitative estimate of drug-likeness (QED) is 0.901. The molecule has 2 aromatic heterocycles. The Balaban J connectivity index is 2.18. The molecule has 0 aliphatic carbocycles. The highest BCUT2D eigenvalue weighted by Gasteiger charge is 2.11. The van der Waals surface area contributed by atoms with Crippen LogP contribution in [0.15, 0.2) is 36.8 Å². The summed E-state index contributed by atoms with van der Waals surface area (Å²) < 4.78 is 0. The van der Waals surface area contributed by atoms with Crippen molar-refractivity contribution in [3.63, 3.8) is 0 Å². The molecule has 2 rings (SSSR count). The first kappa shape index (κ1) is 13.3. The van der Waals surface area contributed by atoms with Crippen molar-refractivity contribution in [1.29, 1.82) is 0 Å². The topological polar surface area (TPSA) is 66.9 Å². The fourth-order valence-electron chi connectivity index (χ4n) is 1.56. The third-order valence-corrected chi connectivity index (χ3v) is 2.63. The van der Waals surface area contributed by atoms with Gasteiger partial charge in [-0.1, -0.05) is 11.6 Å². The van der Waals surface area contributed by atoms with Gasteiger partial charge in [-0.2, -0.15) is 0 Å². The Labute approximate surface area is 116 Å². The van der Waals surface area contributed by atoms with E-state index >= 15 is 0 Å². The molecule has 0 aliphatic heterocycles. The lowest BCUT2D eigenvalue weighted by atomic mass is 10.2. The van der Waals surface area contributed by atoms with E-state index in [1.54, 1.807) is 30.6 Å². The Morgan fingerprint density at radius 2 is 2.16 bits per heavy atom. The van der Waals surface area contributed by atoms with Gasteiger partial charge in [0.15, 0.2) is 0 Å².